The molecule has 0 aliphatic rings. The van der Waals surface area contributed by atoms with E-state index in [1.165, 1.54) is 6.20 Å². The van der Waals surface area contributed by atoms with E-state index in [0.717, 1.165) is 0 Å². The fourth-order valence-electron chi connectivity index (χ4n) is 0.964. The number of carboxylic acid groups (broad SMARTS) is 1. The first-order chi connectivity index (χ1) is 5.75. The summed E-state index contributed by atoms with van der Waals surface area (Å²) in [5.74, 6) is -0.985. The van der Waals surface area contributed by atoms with E-state index in [-0.39, 0.29) is 5.69 Å². The molecule has 0 bridgehead atoms. The molecule has 0 amide bonds. The number of carbonyl (C=O) groups is 1. The third kappa shape index (κ3) is 1.79. The Bertz CT molecular complexity index is 286. The van der Waals surface area contributed by atoms with Crippen molar-refractivity contribution in [3.05, 3.63) is 29.6 Å². The van der Waals surface area contributed by atoms with Crippen molar-refractivity contribution in [1.82, 2.24) is 10.3 Å². The van der Waals surface area contributed by atoms with Crippen LogP contribution >= 0.6 is 0 Å². The van der Waals surface area contributed by atoms with Crippen LogP contribution in [0.25, 0.3) is 0 Å². The lowest BCUT2D eigenvalue weighted by Crippen LogP contribution is -2.12. The van der Waals surface area contributed by atoms with Gasteiger partial charge in [0.1, 0.15) is 0 Å². The predicted octanol–water partition coefficient (Wildman–Crippen LogP) is 0.499. The van der Waals surface area contributed by atoms with Crippen LogP contribution in [-0.2, 0) is 6.54 Å². The van der Waals surface area contributed by atoms with E-state index in [9.17, 15) is 4.79 Å². The second-order valence-corrected chi connectivity index (χ2v) is 2.35. The molecule has 0 fully saturated rings. The fourth-order valence-corrected chi connectivity index (χ4v) is 0.964. The highest BCUT2D eigenvalue weighted by Crippen LogP contribution is 2.03. The highest BCUT2D eigenvalue weighted by molar-refractivity contribution is 5.86. The highest BCUT2D eigenvalue weighted by Gasteiger charge is 2.08. The molecule has 2 N–H and O–H groups in total. The minimum absolute atomic E-state index is 0.117. The van der Waals surface area contributed by atoms with Crippen LogP contribution in [0.1, 0.15) is 16.1 Å². The van der Waals surface area contributed by atoms with Crippen LogP contribution < -0.4 is 5.32 Å². The molecule has 1 aromatic rings. The van der Waals surface area contributed by atoms with Gasteiger partial charge in [-0.05, 0) is 18.7 Å². The molecule has 1 heterocycles. The molecule has 0 aliphatic heterocycles. The van der Waals surface area contributed by atoms with Crippen molar-refractivity contribution >= 4 is 5.97 Å². The van der Waals surface area contributed by atoms with E-state index >= 15 is 0 Å². The number of hydrogen-bond acceptors (Lipinski definition) is 3. The number of nitrogens with zero attached hydrogens (tertiary/aromatic N) is 1. The summed E-state index contributed by atoms with van der Waals surface area (Å²) in [7, 11) is 1.76. The van der Waals surface area contributed by atoms with Gasteiger partial charge in [-0.25, -0.2) is 9.78 Å². The first-order valence-corrected chi connectivity index (χ1v) is 3.57. The number of pyridine rings is 1. The van der Waals surface area contributed by atoms with Crippen molar-refractivity contribution in [2.24, 2.45) is 0 Å². The average molecular weight is 166 g/mol. The van der Waals surface area contributed by atoms with Crippen molar-refractivity contribution in [2.75, 3.05) is 7.05 Å². The summed E-state index contributed by atoms with van der Waals surface area (Å²) in [5.41, 5.74) is 0.819. The first-order valence-electron chi connectivity index (χ1n) is 3.57. The zero-order valence-electron chi connectivity index (χ0n) is 6.74. The van der Waals surface area contributed by atoms with E-state index in [1.54, 1.807) is 19.2 Å². The standard InChI is InChI=1S/C8H10N2O2/c1-9-5-6-3-2-4-10-7(6)8(11)12/h2-4,9H,5H2,1H3,(H,11,12). The second-order valence-electron chi connectivity index (χ2n) is 2.35. The van der Waals surface area contributed by atoms with Crippen LogP contribution in [0.2, 0.25) is 0 Å². The van der Waals surface area contributed by atoms with Crippen LogP contribution in [0.15, 0.2) is 18.3 Å². The Morgan fingerprint density at radius 3 is 3.08 bits per heavy atom. The largest absolute Gasteiger partial charge is 0.477 e. The van der Waals surface area contributed by atoms with E-state index in [0.29, 0.717) is 12.1 Å². The summed E-state index contributed by atoms with van der Waals surface area (Å²) >= 11 is 0. The second kappa shape index (κ2) is 3.82. The van der Waals surface area contributed by atoms with Gasteiger partial charge in [0.2, 0.25) is 0 Å². The van der Waals surface area contributed by atoms with Crippen molar-refractivity contribution in [3.63, 3.8) is 0 Å². The van der Waals surface area contributed by atoms with E-state index in [1.807, 2.05) is 0 Å². The molecule has 0 saturated carbocycles. The maximum absolute atomic E-state index is 10.6. The molecule has 0 unspecified atom stereocenters. The minimum atomic E-state index is -0.985. The highest BCUT2D eigenvalue weighted by atomic mass is 16.4. The zero-order valence-corrected chi connectivity index (χ0v) is 6.74. The van der Waals surface area contributed by atoms with E-state index in [4.69, 9.17) is 5.11 Å². The molecule has 0 aliphatic carbocycles. The monoisotopic (exact) mass is 166 g/mol. The number of rotatable bonds is 3. The zero-order chi connectivity index (χ0) is 8.97. The van der Waals surface area contributed by atoms with Crippen LogP contribution in [0.3, 0.4) is 0 Å². The van der Waals surface area contributed by atoms with Crippen LogP contribution in [0.4, 0.5) is 0 Å². The summed E-state index contributed by atoms with van der Waals surface area (Å²) in [6, 6.07) is 3.46. The van der Waals surface area contributed by atoms with E-state index in [2.05, 4.69) is 10.3 Å². The third-order valence-electron chi connectivity index (χ3n) is 1.46. The van der Waals surface area contributed by atoms with Crippen molar-refractivity contribution < 1.29 is 9.90 Å². The lowest BCUT2D eigenvalue weighted by Gasteiger charge is -2.02. The van der Waals surface area contributed by atoms with Crippen LogP contribution in [0, 0.1) is 0 Å². The van der Waals surface area contributed by atoms with Gasteiger partial charge < -0.3 is 10.4 Å². The topological polar surface area (TPSA) is 62.2 Å². The first kappa shape index (κ1) is 8.67. The quantitative estimate of drug-likeness (QED) is 0.686. The number of nitrogens with one attached hydrogen (secondary N) is 1. The Morgan fingerprint density at radius 2 is 2.50 bits per heavy atom. The van der Waals surface area contributed by atoms with Gasteiger partial charge >= 0.3 is 5.97 Å². The van der Waals surface area contributed by atoms with Gasteiger partial charge in [-0.1, -0.05) is 6.07 Å². The summed E-state index contributed by atoms with van der Waals surface area (Å²) in [6.07, 6.45) is 1.47. The van der Waals surface area contributed by atoms with Crippen molar-refractivity contribution in [2.45, 2.75) is 6.54 Å². The molecule has 0 atom stereocenters. The predicted molar refractivity (Wildman–Crippen MR) is 44.0 cm³/mol. The molecule has 4 heteroatoms. The average Bonchev–Trinajstić information content (AvgIpc) is 2.05. The SMILES string of the molecule is CNCc1cccnc1C(=O)O. The molecular weight excluding hydrogens is 156 g/mol. The number of aromatic carboxylic acids is 1. The van der Waals surface area contributed by atoms with Gasteiger partial charge in [0.25, 0.3) is 0 Å². The number of hydrogen-bond donors (Lipinski definition) is 2. The van der Waals surface area contributed by atoms with Gasteiger partial charge in [-0.2, -0.15) is 0 Å². The molecule has 0 radical (unpaired) electrons. The smallest absolute Gasteiger partial charge is 0.354 e. The minimum Gasteiger partial charge on any atom is -0.477 e. The summed E-state index contributed by atoms with van der Waals surface area (Å²) in [6.45, 7) is 0.523. The van der Waals surface area contributed by atoms with Gasteiger partial charge in [0, 0.05) is 12.7 Å². The lowest BCUT2D eigenvalue weighted by molar-refractivity contribution is 0.0689. The Kier molecular flexibility index (Phi) is 2.76. The number of carboxylic acids is 1. The normalized spacial score (nSPS) is 9.75. The Balaban J connectivity index is 3.00. The summed E-state index contributed by atoms with van der Waals surface area (Å²) in [4.78, 5) is 14.4. The van der Waals surface area contributed by atoms with E-state index < -0.39 is 5.97 Å². The summed E-state index contributed by atoms with van der Waals surface area (Å²) in [5, 5.41) is 11.6. The molecule has 1 aromatic heterocycles. The fraction of sp³-hybridized carbons (Fsp3) is 0.250. The Labute approximate surface area is 70.3 Å². The summed E-state index contributed by atoms with van der Waals surface area (Å²) < 4.78 is 0. The Morgan fingerprint density at radius 1 is 1.75 bits per heavy atom. The number of aromatic nitrogens is 1. The van der Waals surface area contributed by atoms with Crippen molar-refractivity contribution in [3.8, 4) is 0 Å². The molecule has 64 valence electrons. The van der Waals surface area contributed by atoms with Crippen LogP contribution in [0.5, 0.6) is 0 Å². The molecule has 0 aromatic carbocycles. The van der Waals surface area contributed by atoms with Gasteiger partial charge in [-0.3, -0.25) is 0 Å². The van der Waals surface area contributed by atoms with Gasteiger partial charge in [-0.15, -0.1) is 0 Å². The van der Waals surface area contributed by atoms with Gasteiger partial charge in [0.05, 0.1) is 0 Å². The molecular formula is C8H10N2O2. The molecule has 0 saturated heterocycles. The van der Waals surface area contributed by atoms with Gasteiger partial charge in [0.15, 0.2) is 5.69 Å². The lowest BCUT2D eigenvalue weighted by atomic mass is 10.2. The molecule has 0 spiro atoms. The maximum atomic E-state index is 10.6. The molecule has 1 rings (SSSR count). The third-order valence-corrected chi connectivity index (χ3v) is 1.46. The Hall–Kier alpha value is -1.42. The molecule has 12 heavy (non-hydrogen) atoms. The van der Waals surface area contributed by atoms with Crippen molar-refractivity contribution in [1.29, 1.82) is 0 Å². The maximum Gasteiger partial charge on any atom is 0.354 e. The molecule has 4 nitrogen and oxygen atoms in total. The van der Waals surface area contributed by atoms with Crippen LogP contribution in [-0.4, -0.2) is 23.1 Å².